The molecule has 116 valence electrons. The van der Waals surface area contributed by atoms with Crippen molar-refractivity contribution >= 4 is 0 Å². The van der Waals surface area contributed by atoms with Gasteiger partial charge < -0.3 is 14.6 Å². The first-order chi connectivity index (χ1) is 9.31. The lowest BCUT2D eigenvalue weighted by molar-refractivity contribution is -0.168. The Morgan fingerprint density at radius 1 is 1.30 bits per heavy atom. The van der Waals surface area contributed by atoms with Crippen LogP contribution < -0.4 is 0 Å². The second-order valence-corrected chi connectivity index (χ2v) is 6.65. The third-order valence-corrected chi connectivity index (χ3v) is 5.16. The molecular formula is C16H29NO3. The van der Waals surface area contributed by atoms with E-state index in [1.807, 2.05) is 0 Å². The maximum Gasteiger partial charge on any atom is 0.159 e. The number of nitrogens with zero attached hydrogens (tertiary/aromatic N) is 1. The second kappa shape index (κ2) is 6.89. The smallest absolute Gasteiger partial charge is 0.159 e. The number of rotatable bonds is 6. The van der Waals surface area contributed by atoms with Gasteiger partial charge in [0.05, 0.1) is 17.1 Å². The fraction of sp³-hybridized carbons (Fsp3) is 0.938. The molecule has 4 heteroatoms. The fourth-order valence-electron chi connectivity index (χ4n) is 3.35. The van der Waals surface area contributed by atoms with Crippen molar-refractivity contribution in [2.24, 2.45) is 17.3 Å². The van der Waals surface area contributed by atoms with Gasteiger partial charge in [-0.05, 0) is 44.4 Å². The molecule has 0 spiro atoms. The van der Waals surface area contributed by atoms with Crippen molar-refractivity contribution in [1.29, 1.82) is 5.26 Å². The first-order valence-electron chi connectivity index (χ1n) is 7.51. The normalized spacial score (nSPS) is 30.2. The summed E-state index contributed by atoms with van der Waals surface area (Å²) in [6, 6.07) is 2.41. The molecule has 20 heavy (non-hydrogen) atoms. The molecule has 0 aliphatic heterocycles. The Hall–Kier alpha value is -0.630. The zero-order chi connectivity index (χ0) is 15.4. The average molecular weight is 283 g/mol. The molecule has 1 aliphatic rings. The zero-order valence-electron chi connectivity index (χ0n) is 13.5. The van der Waals surface area contributed by atoms with Crippen LogP contribution in [0.1, 0.15) is 52.9 Å². The van der Waals surface area contributed by atoms with Crippen molar-refractivity contribution in [3.8, 4) is 6.07 Å². The molecular weight excluding hydrogens is 254 g/mol. The van der Waals surface area contributed by atoms with Gasteiger partial charge in [-0.2, -0.15) is 5.26 Å². The minimum Gasteiger partial charge on any atom is -0.388 e. The molecule has 0 aromatic carbocycles. The Kier molecular flexibility index (Phi) is 6.00. The highest BCUT2D eigenvalue weighted by molar-refractivity contribution is 5.12. The van der Waals surface area contributed by atoms with Gasteiger partial charge in [0, 0.05) is 20.6 Å². The van der Waals surface area contributed by atoms with Gasteiger partial charge in [0.1, 0.15) is 0 Å². The summed E-state index contributed by atoms with van der Waals surface area (Å²) in [5.74, 6) is 1.30. The molecule has 1 rings (SSSR count). The van der Waals surface area contributed by atoms with Crippen molar-refractivity contribution in [2.45, 2.75) is 64.8 Å². The SMILES string of the molecule is COC(CC(C)(O)C1(C#N)CCC(C(C)C)CC1)OC. The molecule has 0 bridgehead atoms. The maximum absolute atomic E-state index is 10.9. The lowest BCUT2D eigenvalue weighted by Gasteiger charge is -2.46. The van der Waals surface area contributed by atoms with Gasteiger partial charge >= 0.3 is 0 Å². The van der Waals surface area contributed by atoms with Crippen molar-refractivity contribution in [1.82, 2.24) is 0 Å². The minimum atomic E-state index is -1.10. The second-order valence-electron chi connectivity index (χ2n) is 6.65. The zero-order valence-corrected chi connectivity index (χ0v) is 13.5. The van der Waals surface area contributed by atoms with E-state index in [4.69, 9.17) is 9.47 Å². The summed E-state index contributed by atoms with van der Waals surface area (Å²) in [5, 5.41) is 20.5. The van der Waals surface area contributed by atoms with Crippen molar-refractivity contribution < 1.29 is 14.6 Å². The number of hydrogen-bond acceptors (Lipinski definition) is 4. The summed E-state index contributed by atoms with van der Waals surface area (Å²) in [6.45, 7) is 6.21. The van der Waals surface area contributed by atoms with Crippen molar-refractivity contribution in [3.05, 3.63) is 0 Å². The third-order valence-electron chi connectivity index (χ3n) is 5.16. The number of aliphatic hydroxyl groups is 1. The number of nitriles is 1. The number of hydrogen-bond donors (Lipinski definition) is 1. The van der Waals surface area contributed by atoms with Gasteiger partial charge in [-0.25, -0.2) is 0 Å². The summed E-state index contributed by atoms with van der Waals surface area (Å²) in [6.07, 6.45) is 3.36. The van der Waals surface area contributed by atoms with Gasteiger partial charge in [-0.1, -0.05) is 13.8 Å². The Morgan fingerprint density at radius 2 is 1.80 bits per heavy atom. The van der Waals surface area contributed by atoms with Gasteiger partial charge in [-0.3, -0.25) is 0 Å². The van der Waals surface area contributed by atoms with Crippen LogP contribution in [0.2, 0.25) is 0 Å². The summed E-state index contributed by atoms with van der Waals surface area (Å²) >= 11 is 0. The van der Waals surface area contributed by atoms with E-state index in [0.717, 1.165) is 25.7 Å². The highest BCUT2D eigenvalue weighted by Gasteiger charge is 2.50. The number of methoxy groups -OCH3 is 2. The predicted molar refractivity (Wildman–Crippen MR) is 77.9 cm³/mol. The number of ether oxygens (including phenoxy) is 2. The molecule has 1 saturated carbocycles. The molecule has 0 saturated heterocycles. The van der Waals surface area contributed by atoms with Gasteiger partial charge in [0.25, 0.3) is 0 Å². The Bertz CT molecular complexity index is 334. The molecule has 1 aliphatic carbocycles. The van der Waals surface area contributed by atoms with Crippen LogP contribution in [0.4, 0.5) is 0 Å². The fourth-order valence-corrected chi connectivity index (χ4v) is 3.35. The van der Waals surface area contributed by atoms with Crippen LogP contribution in [0.25, 0.3) is 0 Å². The molecule has 4 nitrogen and oxygen atoms in total. The standard InChI is InChI=1S/C16H29NO3/c1-12(2)13-6-8-16(11-17,9-7-13)15(3,18)10-14(19-4)20-5/h12-14,18H,6-10H2,1-5H3. The molecule has 0 amide bonds. The highest BCUT2D eigenvalue weighted by atomic mass is 16.7. The van der Waals surface area contributed by atoms with E-state index in [9.17, 15) is 10.4 Å². The monoisotopic (exact) mass is 283 g/mol. The van der Waals surface area contributed by atoms with Gasteiger partial charge in [-0.15, -0.1) is 0 Å². The van der Waals surface area contributed by atoms with Crippen LogP contribution in [0, 0.1) is 28.6 Å². The van der Waals surface area contributed by atoms with Gasteiger partial charge in [0.15, 0.2) is 6.29 Å². The van der Waals surface area contributed by atoms with E-state index in [-0.39, 0.29) is 0 Å². The minimum absolute atomic E-state index is 0.319. The summed E-state index contributed by atoms with van der Waals surface area (Å²) in [5.41, 5.74) is -1.78. The Morgan fingerprint density at radius 3 is 2.15 bits per heavy atom. The molecule has 0 radical (unpaired) electrons. The topological polar surface area (TPSA) is 62.5 Å². The van der Waals surface area contributed by atoms with Crippen LogP contribution in [-0.4, -0.2) is 31.2 Å². The molecule has 1 unspecified atom stereocenters. The van der Waals surface area contributed by atoms with E-state index in [2.05, 4.69) is 19.9 Å². The Balaban J connectivity index is 2.82. The van der Waals surface area contributed by atoms with Crippen LogP contribution in [0.3, 0.4) is 0 Å². The summed E-state index contributed by atoms with van der Waals surface area (Å²) in [4.78, 5) is 0. The molecule has 1 N–H and O–H groups in total. The van der Waals surface area contributed by atoms with E-state index in [1.165, 1.54) is 0 Å². The molecule has 0 aromatic heterocycles. The van der Waals surface area contributed by atoms with Crippen LogP contribution >= 0.6 is 0 Å². The first-order valence-corrected chi connectivity index (χ1v) is 7.51. The molecule has 1 fully saturated rings. The largest absolute Gasteiger partial charge is 0.388 e. The van der Waals surface area contributed by atoms with E-state index >= 15 is 0 Å². The molecule has 1 atom stereocenters. The molecule has 0 heterocycles. The van der Waals surface area contributed by atoms with Crippen molar-refractivity contribution in [2.75, 3.05) is 14.2 Å². The van der Waals surface area contributed by atoms with E-state index in [0.29, 0.717) is 18.3 Å². The third kappa shape index (κ3) is 3.52. The van der Waals surface area contributed by atoms with Crippen molar-refractivity contribution in [3.63, 3.8) is 0 Å². The molecule has 0 aromatic rings. The predicted octanol–water partition coefficient (Wildman–Crippen LogP) is 3.10. The van der Waals surface area contributed by atoms with Gasteiger partial charge in [0.2, 0.25) is 0 Å². The van der Waals surface area contributed by atoms with Crippen LogP contribution in [-0.2, 0) is 9.47 Å². The van der Waals surface area contributed by atoms with Crippen LogP contribution in [0.15, 0.2) is 0 Å². The van der Waals surface area contributed by atoms with E-state index < -0.39 is 17.3 Å². The lowest BCUT2D eigenvalue weighted by atomic mass is 9.60. The average Bonchev–Trinajstić information content (AvgIpc) is 2.44. The summed E-state index contributed by atoms with van der Waals surface area (Å²) in [7, 11) is 3.11. The van der Waals surface area contributed by atoms with E-state index in [1.54, 1.807) is 21.1 Å². The maximum atomic E-state index is 10.9. The quantitative estimate of drug-likeness (QED) is 0.761. The highest BCUT2D eigenvalue weighted by Crippen LogP contribution is 2.49. The summed E-state index contributed by atoms with van der Waals surface area (Å²) < 4.78 is 10.4. The lowest BCUT2D eigenvalue weighted by Crippen LogP contribution is -2.50. The first kappa shape index (κ1) is 17.4. The van der Waals surface area contributed by atoms with Crippen LogP contribution in [0.5, 0.6) is 0 Å². The Labute approximate surface area is 123 Å².